The molecule has 0 atom stereocenters. The van der Waals surface area contributed by atoms with Crippen molar-refractivity contribution in [2.75, 3.05) is 12.5 Å². The topological polar surface area (TPSA) is 73.1 Å². The van der Waals surface area contributed by atoms with E-state index >= 15 is 0 Å². The Morgan fingerprint density at radius 2 is 1.90 bits per heavy atom. The van der Waals surface area contributed by atoms with Crippen LogP contribution >= 0.6 is 0 Å². The number of hydrogen-bond donors (Lipinski definition) is 2. The van der Waals surface area contributed by atoms with Gasteiger partial charge in [0.2, 0.25) is 0 Å². The van der Waals surface area contributed by atoms with E-state index in [4.69, 9.17) is 10.6 Å². The molecular weight excluding hydrogens is 264 g/mol. The smallest absolute Gasteiger partial charge is 0.143 e. The molecule has 0 radical (unpaired) electrons. The molecule has 0 unspecified atom stereocenters. The van der Waals surface area contributed by atoms with Crippen molar-refractivity contribution < 1.29 is 4.74 Å². The predicted molar refractivity (Wildman–Crippen MR) is 84.2 cm³/mol. The van der Waals surface area contributed by atoms with Crippen LogP contribution in [0.3, 0.4) is 0 Å². The maximum atomic E-state index is 5.49. The van der Waals surface area contributed by atoms with Crippen LogP contribution in [0.2, 0.25) is 0 Å². The Labute approximate surface area is 125 Å². The first kappa shape index (κ1) is 15.3. The maximum Gasteiger partial charge on any atom is 0.143 e. The van der Waals surface area contributed by atoms with Gasteiger partial charge < -0.3 is 10.2 Å². The van der Waals surface area contributed by atoms with Gasteiger partial charge in [0.15, 0.2) is 0 Å². The monoisotopic (exact) mass is 286 g/mol. The molecule has 0 aliphatic rings. The Hall–Kier alpha value is -2.14. The summed E-state index contributed by atoms with van der Waals surface area (Å²) in [5, 5.41) is 0. The van der Waals surface area contributed by atoms with Gasteiger partial charge in [-0.3, -0.25) is 0 Å². The van der Waals surface area contributed by atoms with Crippen LogP contribution in [-0.2, 0) is 12.8 Å². The number of nitrogens with two attached hydrogens (primary N) is 1. The quantitative estimate of drug-likeness (QED) is 0.630. The van der Waals surface area contributed by atoms with Crippen LogP contribution in [0, 0.1) is 5.92 Å². The van der Waals surface area contributed by atoms with Crippen molar-refractivity contribution in [2.45, 2.75) is 26.7 Å². The van der Waals surface area contributed by atoms with Crippen LogP contribution in [0.4, 0.5) is 5.82 Å². The Morgan fingerprint density at radius 1 is 1.19 bits per heavy atom. The molecule has 0 saturated carbocycles. The molecule has 0 amide bonds. The van der Waals surface area contributed by atoms with Crippen LogP contribution in [-0.4, -0.2) is 17.1 Å². The molecule has 0 saturated heterocycles. The van der Waals surface area contributed by atoms with Crippen LogP contribution in [0.15, 0.2) is 30.3 Å². The second kappa shape index (κ2) is 7.04. The second-order valence-electron chi connectivity index (χ2n) is 5.43. The third-order valence-corrected chi connectivity index (χ3v) is 3.11. The van der Waals surface area contributed by atoms with E-state index in [2.05, 4.69) is 29.2 Å². The number of nitrogens with zero attached hydrogens (tertiary/aromatic N) is 2. The average molecular weight is 286 g/mol. The van der Waals surface area contributed by atoms with Gasteiger partial charge in [-0.25, -0.2) is 15.8 Å². The number of rotatable bonds is 6. The van der Waals surface area contributed by atoms with E-state index in [-0.39, 0.29) is 0 Å². The number of nitrogens with one attached hydrogen (secondary N) is 1. The van der Waals surface area contributed by atoms with Gasteiger partial charge >= 0.3 is 0 Å². The molecule has 0 aliphatic heterocycles. The third-order valence-electron chi connectivity index (χ3n) is 3.11. The van der Waals surface area contributed by atoms with Crippen molar-refractivity contribution in [3.8, 4) is 5.75 Å². The molecule has 1 aromatic heterocycles. The number of hydrazine groups is 1. The number of nitrogen functional groups attached to an aromatic ring is 1. The van der Waals surface area contributed by atoms with E-state index in [1.54, 1.807) is 7.11 Å². The first-order chi connectivity index (χ1) is 10.1. The standard InChI is InChI=1S/C16H22N4O/c1-11(2)8-13-10-16(20-17)19-15(18-13)9-12-4-6-14(21-3)7-5-12/h4-7,10-11H,8-9,17H2,1-3H3,(H,18,19,20). The highest BCUT2D eigenvalue weighted by atomic mass is 16.5. The van der Waals surface area contributed by atoms with Gasteiger partial charge in [0, 0.05) is 18.2 Å². The average Bonchev–Trinajstić information content (AvgIpc) is 2.47. The summed E-state index contributed by atoms with van der Waals surface area (Å²) in [4.78, 5) is 9.04. The van der Waals surface area contributed by atoms with Crippen LogP contribution < -0.4 is 16.0 Å². The highest BCUT2D eigenvalue weighted by molar-refractivity contribution is 5.36. The lowest BCUT2D eigenvalue weighted by Gasteiger charge is -2.09. The summed E-state index contributed by atoms with van der Waals surface area (Å²) in [5.41, 5.74) is 4.76. The fraction of sp³-hybridized carbons (Fsp3) is 0.375. The zero-order valence-electron chi connectivity index (χ0n) is 12.8. The van der Waals surface area contributed by atoms with E-state index in [0.717, 1.165) is 29.3 Å². The molecule has 1 aromatic carbocycles. The predicted octanol–water partition coefficient (Wildman–Crippen LogP) is 2.56. The Kier molecular flexibility index (Phi) is 5.11. The van der Waals surface area contributed by atoms with Crippen molar-refractivity contribution in [3.63, 3.8) is 0 Å². The van der Waals surface area contributed by atoms with Crippen LogP contribution in [0.1, 0.15) is 30.9 Å². The zero-order valence-corrected chi connectivity index (χ0v) is 12.8. The van der Waals surface area contributed by atoms with E-state index in [1.807, 2.05) is 30.3 Å². The van der Waals surface area contributed by atoms with Gasteiger partial charge in [0.05, 0.1) is 7.11 Å². The molecule has 0 fully saturated rings. The lowest BCUT2D eigenvalue weighted by Crippen LogP contribution is -2.12. The molecule has 0 bridgehead atoms. The number of anilines is 1. The molecule has 3 N–H and O–H groups in total. The van der Waals surface area contributed by atoms with Crippen molar-refractivity contribution in [3.05, 3.63) is 47.4 Å². The molecule has 2 rings (SSSR count). The molecule has 1 heterocycles. The van der Waals surface area contributed by atoms with Gasteiger partial charge in [0.25, 0.3) is 0 Å². The number of methoxy groups -OCH3 is 1. The van der Waals surface area contributed by atoms with Gasteiger partial charge in [-0.05, 0) is 30.0 Å². The van der Waals surface area contributed by atoms with Crippen LogP contribution in [0.5, 0.6) is 5.75 Å². The molecule has 0 spiro atoms. The van der Waals surface area contributed by atoms with Crippen molar-refractivity contribution in [2.24, 2.45) is 11.8 Å². The van der Waals surface area contributed by atoms with E-state index < -0.39 is 0 Å². The summed E-state index contributed by atoms with van der Waals surface area (Å²) in [6.07, 6.45) is 1.58. The molecule has 21 heavy (non-hydrogen) atoms. The van der Waals surface area contributed by atoms with E-state index in [9.17, 15) is 0 Å². The highest BCUT2D eigenvalue weighted by Crippen LogP contribution is 2.16. The number of benzene rings is 1. The van der Waals surface area contributed by atoms with Crippen LogP contribution in [0.25, 0.3) is 0 Å². The summed E-state index contributed by atoms with van der Waals surface area (Å²) in [7, 11) is 1.66. The fourth-order valence-electron chi connectivity index (χ4n) is 2.15. The van der Waals surface area contributed by atoms with Gasteiger partial charge in [0.1, 0.15) is 17.4 Å². The largest absolute Gasteiger partial charge is 0.497 e. The Balaban J connectivity index is 2.20. The highest BCUT2D eigenvalue weighted by Gasteiger charge is 2.07. The minimum atomic E-state index is 0.541. The van der Waals surface area contributed by atoms with Crippen molar-refractivity contribution in [1.29, 1.82) is 0 Å². The summed E-state index contributed by atoms with van der Waals surface area (Å²) >= 11 is 0. The second-order valence-corrected chi connectivity index (χ2v) is 5.43. The Bertz CT molecular complexity index is 581. The van der Waals surface area contributed by atoms with E-state index in [0.29, 0.717) is 18.2 Å². The molecular formula is C16H22N4O. The summed E-state index contributed by atoms with van der Waals surface area (Å²) in [6.45, 7) is 4.33. The molecule has 5 nitrogen and oxygen atoms in total. The van der Waals surface area contributed by atoms with Crippen molar-refractivity contribution >= 4 is 5.82 Å². The Morgan fingerprint density at radius 3 is 2.48 bits per heavy atom. The fourth-order valence-corrected chi connectivity index (χ4v) is 2.15. The molecule has 112 valence electrons. The minimum absolute atomic E-state index is 0.541. The molecule has 2 aromatic rings. The summed E-state index contributed by atoms with van der Waals surface area (Å²) < 4.78 is 5.16. The SMILES string of the molecule is COc1ccc(Cc2nc(CC(C)C)cc(NN)n2)cc1. The minimum Gasteiger partial charge on any atom is -0.497 e. The first-order valence-electron chi connectivity index (χ1n) is 7.07. The number of ether oxygens (including phenoxy) is 1. The normalized spacial score (nSPS) is 10.7. The summed E-state index contributed by atoms with van der Waals surface area (Å²) in [5.74, 6) is 8.31. The van der Waals surface area contributed by atoms with E-state index in [1.165, 1.54) is 0 Å². The maximum absolute atomic E-state index is 5.49. The summed E-state index contributed by atoms with van der Waals surface area (Å²) in [6, 6.07) is 9.82. The lowest BCUT2D eigenvalue weighted by molar-refractivity contribution is 0.414. The third kappa shape index (κ3) is 4.43. The molecule has 0 aliphatic carbocycles. The first-order valence-corrected chi connectivity index (χ1v) is 7.07. The molecule has 5 heteroatoms. The number of hydrogen-bond acceptors (Lipinski definition) is 5. The van der Waals surface area contributed by atoms with Crippen molar-refractivity contribution in [1.82, 2.24) is 9.97 Å². The van der Waals surface area contributed by atoms with Gasteiger partial charge in [-0.2, -0.15) is 0 Å². The number of aromatic nitrogens is 2. The zero-order chi connectivity index (χ0) is 15.2. The van der Waals surface area contributed by atoms with Gasteiger partial charge in [-0.15, -0.1) is 0 Å². The van der Waals surface area contributed by atoms with Gasteiger partial charge in [-0.1, -0.05) is 26.0 Å². The lowest BCUT2D eigenvalue weighted by atomic mass is 10.1.